The van der Waals surface area contributed by atoms with Crippen molar-refractivity contribution in [1.82, 2.24) is 15.3 Å². The molecule has 1 rings (SSSR count). The van der Waals surface area contributed by atoms with Crippen LogP contribution < -0.4 is 11.3 Å². The maximum absolute atomic E-state index is 11.4. The quantitative estimate of drug-likeness (QED) is 0.444. The number of aromatic nitrogens is 1. The Kier molecular flexibility index (Phi) is 5.06. The number of nitrogens with two attached hydrogens (primary N) is 1. The molecule has 2 atom stereocenters. The van der Waals surface area contributed by atoms with E-state index < -0.39 is 0 Å². The molecule has 17 heavy (non-hydrogen) atoms. The van der Waals surface area contributed by atoms with E-state index in [4.69, 9.17) is 5.84 Å². The van der Waals surface area contributed by atoms with Crippen LogP contribution in [-0.2, 0) is 11.3 Å². The molecule has 1 amide bonds. The Morgan fingerprint density at radius 2 is 2.29 bits per heavy atom. The fourth-order valence-electron chi connectivity index (χ4n) is 1.66. The first kappa shape index (κ1) is 13.6. The number of pyridine rings is 1. The van der Waals surface area contributed by atoms with Crippen LogP contribution in [0.4, 0.5) is 0 Å². The molecule has 0 aromatic carbocycles. The summed E-state index contributed by atoms with van der Waals surface area (Å²) < 4.78 is 0. The van der Waals surface area contributed by atoms with Gasteiger partial charge in [-0.2, -0.15) is 0 Å². The normalized spacial score (nSPS) is 14.4. The lowest BCUT2D eigenvalue weighted by Crippen LogP contribution is -2.44. The minimum absolute atomic E-state index is 0.110. The molecule has 1 aromatic heterocycles. The van der Waals surface area contributed by atoms with Crippen LogP contribution in [0.25, 0.3) is 0 Å². The minimum atomic E-state index is -0.151. The molecule has 0 saturated heterocycles. The molecule has 0 aliphatic heterocycles. The van der Waals surface area contributed by atoms with Gasteiger partial charge >= 0.3 is 0 Å². The highest BCUT2D eigenvalue weighted by Gasteiger charge is 2.22. The van der Waals surface area contributed by atoms with E-state index in [1.165, 1.54) is 0 Å². The topological polar surface area (TPSA) is 71.2 Å². The molecule has 0 aliphatic carbocycles. The van der Waals surface area contributed by atoms with Crippen LogP contribution in [0, 0.1) is 5.92 Å². The second kappa shape index (κ2) is 6.32. The van der Waals surface area contributed by atoms with Gasteiger partial charge in [-0.3, -0.25) is 20.1 Å². The predicted octanol–water partition coefficient (Wildman–Crippen LogP) is 0.528. The van der Waals surface area contributed by atoms with Gasteiger partial charge in [-0.05, 0) is 25.6 Å². The molecule has 5 nitrogen and oxygen atoms in total. The largest absolute Gasteiger partial charge is 0.299 e. The van der Waals surface area contributed by atoms with Crippen molar-refractivity contribution < 1.29 is 4.79 Å². The fraction of sp³-hybridized carbons (Fsp3) is 0.500. The van der Waals surface area contributed by atoms with Crippen LogP contribution in [0.2, 0.25) is 0 Å². The Balaban J connectivity index is 2.58. The van der Waals surface area contributed by atoms with Crippen molar-refractivity contribution in [1.29, 1.82) is 0 Å². The summed E-state index contributed by atoms with van der Waals surface area (Å²) in [6.45, 7) is 4.64. The van der Waals surface area contributed by atoms with Crippen molar-refractivity contribution in [2.75, 3.05) is 7.05 Å². The second-order valence-corrected chi connectivity index (χ2v) is 4.31. The molecule has 0 fully saturated rings. The Morgan fingerprint density at radius 1 is 1.59 bits per heavy atom. The summed E-state index contributed by atoms with van der Waals surface area (Å²) in [6, 6.07) is 4.03. The first-order valence-corrected chi connectivity index (χ1v) is 5.66. The fourth-order valence-corrected chi connectivity index (χ4v) is 1.66. The molecule has 0 radical (unpaired) electrons. The van der Waals surface area contributed by atoms with Crippen molar-refractivity contribution in [2.24, 2.45) is 11.8 Å². The van der Waals surface area contributed by atoms with Gasteiger partial charge in [0, 0.05) is 25.0 Å². The second-order valence-electron chi connectivity index (χ2n) is 4.31. The number of hydrazine groups is 1. The van der Waals surface area contributed by atoms with Gasteiger partial charge in [-0.15, -0.1) is 0 Å². The van der Waals surface area contributed by atoms with Crippen LogP contribution in [0.15, 0.2) is 24.5 Å². The number of hydrogen-bond donors (Lipinski definition) is 2. The van der Waals surface area contributed by atoms with Crippen molar-refractivity contribution in [3.05, 3.63) is 30.1 Å². The molecular formula is C12H20N4O. The molecule has 3 N–H and O–H groups in total. The van der Waals surface area contributed by atoms with E-state index >= 15 is 0 Å². The summed E-state index contributed by atoms with van der Waals surface area (Å²) in [6.07, 6.45) is 3.58. The smallest absolute Gasteiger partial charge is 0.238 e. The van der Waals surface area contributed by atoms with Crippen molar-refractivity contribution >= 4 is 5.91 Å². The zero-order valence-electron chi connectivity index (χ0n) is 10.6. The predicted molar refractivity (Wildman–Crippen MR) is 66.7 cm³/mol. The van der Waals surface area contributed by atoms with Crippen molar-refractivity contribution in [2.45, 2.75) is 26.4 Å². The number of amides is 1. The van der Waals surface area contributed by atoms with Crippen LogP contribution in [0.3, 0.4) is 0 Å². The maximum Gasteiger partial charge on any atom is 0.238 e. The summed E-state index contributed by atoms with van der Waals surface area (Å²) in [5.41, 5.74) is 3.31. The van der Waals surface area contributed by atoms with Gasteiger partial charge in [0.2, 0.25) is 5.91 Å². The number of carbonyl (C=O) groups excluding carboxylic acids is 1. The minimum Gasteiger partial charge on any atom is -0.299 e. The maximum atomic E-state index is 11.4. The third-order valence-corrected chi connectivity index (χ3v) is 3.13. The van der Waals surface area contributed by atoms with E-state index in [2.05, 4.69) is 15.3 Å². The molecule has 94 valence electrons. The van der Waals surface area contributed by atoms with Crippen LogP contribution in [-0.4, -0.2) is 28.9 Å². The van der Waals surface area contributed by atoms with Gasteiger partial charge < -0.3 is 0 Å². The number of nitrogens with zero attached hydrogens (tertiary/aromatic N) is 2. The zero-order valence-corrected chi connectivity index (χ0v) is 10.6. The Labute approximate surface area is 102 Å². The Bertz CT molecular complexity index is 355. The highest BCUT2D eigenvalue weighted by atomic mass is 16.2. The zero-order chi connectivity index (χ0) is 12.8. The number of nitrogens with one attached hydrogen (secondary N) is 1. The molecule has 5 heteroatoms. The summed E-state index contributed by atoms with van der Waals surface area (Å²) in [5.74, 6) is 4.84. The SMILES string of the molecule is CC(C(=O)NN)C(C)N(C)Cc1cccnc1. The summed E-state index contributed by atoms with van der Waals surface area (Å²) in [5, 5.41) is 0. The van der Waals surface area contributed by atoms with E-state index in [0.717, 1.165) is 12.1 Å². The Hall–Kier alpha value is -1.46. The standard InChI is InChI=1S/C12H20N4O/c1-9(12(17)15-13)10(2)16(3)8-11-5-4-6-14-7-11/h4-7,9-10H,8,13H2,1-3H3,(H,15,17). The number of rotatable bonds is 5. The number of carbonyl (C=O) groups is 1. The summed E-state index contributed by atoms with van der Waals surface area (Å²) in [4.78, 5) is 17.6. The molecule has 2 unspecified atom stereocenters. The van der Waals surface area contributed by atoms with E-state index in [1.807, 2.05) is 39.2 Å². The molecule has 0 bridgehead atoms. The number of hydrogen-bond acceptors (Lipinski definition) is 4. The van der Waals surface area contributed by atoms with Gasteiger partial charge in [0.1, 0.15) is 0 Å². The first-order chi connectivity index (χ1) is 8.06. The van der Waals surface area contributed by atoms with Crippen molar-refractivity contribution in [3.8, 4) is 0 Å². The van der Waals surface area contributed by atoms with Gasteiger partial charge in [0.15, 0.2) is 0 Å². The molecule has 1 heterocycles. The van der Waals surface area contributed by atoms with Crippen LogP contribution in [0.5, 0.6) is 0 Å². The summed E-state index contributed by atoms with van der Waals surface area (Å²) >= 11 is 0. The van der Waals surface area contributed by atoms with Crippen LogP contribution >= 0.6 is 0 Å². The van der Waals surface area contributed by atoms with Gasteiger partial charge in [0.25, 0.3) is 0 Å². The van der Waals surface area contributed by atoms with Gasteiger partial charge in [-0.25, -0.2) is 5.84 Å². The highest BCUT2D eigenvalue weighted by Crippen LogP contribution is 2.12. The molecule has 0 aliphatic rings. The lowest BCUT2D eigenvalue weighted by atomic mass is 10.0. The molecular weight excluding hydrogens is 216 g/mol. The third kappa shape index (κ3) is 3.80. The molecule has 1 aromatic rings. The van der Waals surface area contributed by atoms with E-state index in [1.54, 1.807) is 6.20 Å². The summed E-state index contributed by atoms with van der Waals surface area (Å²) in [7, 11) is 1.98. The van der Waals surface area contributed by atoms with Crippen molar-refractivity contribution in [3.63, 3.8) is 0 Å². The van der Waals surface area contributed by atoms with E-state index in [-0.39, 0.29) is 17.9 Å². The third-order valence-electron chi connectivity index (χ3n) is 3.13. The average molecular weight is 236 g/mol. The van der Waals surface area contributed by atoms with Gasteiger partial charge in [-0.1, -0.05) is 13.0 Å². The Morgan fingerprint density at radius 3 is 2.82 bits per heavy atom. The average Bonchev–Trinajstić information content (AvgIpc) is 2.37. The highest BCUT2D eigenvalue weighted by molar-refractivity contribution is 5.78. The molecule has 0 spiro atoms. The lowest BCUT2D eigenvalue weighted by Gasteiger charge is -2.28. The van der Waals surface area contributed by atoms with Gasteiger partial charge in [0.05, 0.1) is 5.92 Å². The van der Waals surface area contributed by atoms with E-state index in [0.29, 0.717) is 0 Å². The van der Waals surface area contributed by atoms with E-state index in [9.17, 15) is 4.79 Å². The van der Waals surface area contributed by atoms with Crippen LogP contribution in [0.1, 0.15) is 19.4 Å². The lowest BCUT2D eigenvalue weighted by molar-refractivity contribution is -0.126. The molecule has 0 saturated carbocycles. The first-order valence-electron chi connectivity index (χ1n) is 5.66. The monoisotopic (exact) mass is 236 g/mol.